The Kier molecular flexibility index (Phi) is 5.98. The number of aromatic amines is 1. The first-order chi connectivity index (χ1) is 13.7. The minimum Gasteiger partial charge on any atom is -0.361 e. The normalized spacial score (nSPS) is 19.0. The van der Waals surface area contributed by atoms with Crippen LogP contribution in [0.1, 0.15) is 50.5 Å². The fourth-order valence-corrected chi connectivity index (χ4v) is 4.66. The number of carbonyl (C=O) groups is 2. The van der Waals surface area contributed by atoms with E-state index in [1.165, 1.54) is 23.8 Å². The molecule has 0 bridgehead atoms. The van der Waals surface area contributed by atoms with Crippen LogP contribution in [0.25, 0.3) is 10.9 Å². The maximum Gasteiger partial charge on any atom is 0.225 e. The molecule has 0 radical (unpaired) electrons. The molecule has 28 heavy (non-hydrogen) atoms. The lowest BCUT2D eigenvalue weighted by Gasteiger charge is -2.34. The van der Waals surface area contributed by atoms with Gasteiger partial charge >= 0.3 is 0 Å². The second-order valence-corrected chi connectivity index (χ2v) is 8.25. The van der Waals surface area contributed by atoms with E-state index in [1.807, 2.05) is 23.2 Å². The molecule has 0 atom stereocenters. The predicted octanol–water partition coefficient (Wildman–Crippen LogP) is 3.74. The van der Waals surface area contributed by atoms with E-state index in [0.717, 1.165) is 63.8 Å². The third kappa shape index (κ3) is 4.23. The van der Waals surface area contributed by atoms with Crippen molar-refractivity contribution in [2.75, 3.05) is 26.2 Å². The molecule has 1 aromatic carbocycles. The van der Waals surface area contributed by atoms with Crippen molar-refractivity contribution in [2.45, 2.75) is 51.4 Å². The molecular formula is C23H31N3O2. The van der Waals surface area contributed by atoms with E-state index in [4.69, 9.17) is 0 Å². The molecule has 5 nitrogen and oxygen atoms in total. The molecule has 150 valence electrons. The number of nitrogens with zero attached hydrogens (tertiary/aromatic N) is 2. The van der Waals surface area contributed by atoms with Gasteiger partial charge in [-0.2, -0.15) is 0 Å². The first-order valence-electron chi connectivity index (χ1n) is 10.8. The zero-order valence-corrected chi connectivity index (χ0v) is 16.7. The van der Waals surface area contributed by atoms with Gasteiger partial charge in [0, 0.05) is 55.6 Å². The van der Waals surface area contributed by atoms with Crippen LogP contribution < -0.4 is 0 Å². The van der Waals surface area contributed by atoms with E-state index in [1.54, 1.807) is 0 Å². The highest BCUT2D eigenvalue weighted by Gasteiger charge is 2.30. The highest BCUT2D eigenvalue weighted by molar-refractivity contribution is 5.84. The van der Waals surface area contributed by atoms with Crippen LogP contribution in [0.3, 0.4) is 0 Å². The molecule has 1 aromatic heterocycles. The number of carbonyl (C=O) groups excluding carboxylic acids is 2. The molecule has 0 unspecified atom stereocenters. The number of amides is 2. The standard InChI is InChI=1S/C23H31N3O2/c27-22(10-9-19-17-24-21-8-4-3-7-20(19)21)25-15-11-18(12-16-25)23(28)26-13-5-1-2-6-14-26/h3-4,7-8,17-18,24H,1-2,5-6,9-16H2. The van der Waals surface area contributed by atoms with Crippen LogP contribution in [-0.4, -0.2) is 52.8 Å². The van der Waals surface area contributed by atoms with Crippen molar-refractivity contribution in [3.63, 3.8) is 0 Å². The van der Waals surface area contributed by atoms with Gasteiger partial charge in [-0.25, -0.2) is 0 Å². The summed E-state index contributed by atoms with van der Waals surface area (Å²) in [6, 6.07) is 8.22. The zero-order valence-electron chi connectivity index (χ0n) is 16.7. The number of aromatic nitrogens is 1. The summed E-state index contributed by atoms with van der Waals surface area (Å²) in [5, 5.41) is 1.21. The number of aryl methyl sites for hydroxylation is 1. The van der Waals surface area contributed by atoms with E-state index in [2.05, 4.69) is 22.0 Å². The van der Waals surface area contributed by atoms with Gasteiger partial charge in [-0.05, 0) is 43.7 Å². The summed E-state index contributed by atoms with van der Waals surface area (Å²) in [5.74, 6) is 0.648. The van der Waals surface area contributed by atoms with Crippen molar-refractivity contribution in [3.05, 3.63) is 36.0 Å². The van der Waals surface area contributed by atoms with Crippen LogP contribution in [0.2, 0.25) is 0 Å². The molecule has 2 aromatic rings. The molecule has 3 heterocycles. The summed E-state index contributed by atoms with van der Waals surface area (Å²) < 4.78 is 0. The van der Waals surface area contributed by atoms with Gasteiger partial charge in [-0.15, -0.1) is 0 Å². The smallest absolute Gasteiger partial charge is 0.225 e. The number of para-hydroxylation sites is 1. The number of fused-ring (bicyclic) bond motifs is 1. The molecule has 2 amide bonds. The summed E-state index contributed by atoms with van der Waals surface area (Å²) in [5.41, 5.74) is 2.33. The van der Waals surface area contributed by atoms with Gasteiger partial charge in [0.25, 0.3) is 0 Å². The second-order valence-electron chi connectivity index (χ2n) is 8.25. The summed E-state index contributed by atoms with van der Waals surface area (Å²) in [6.45, 7) is 3.28. The molecular weight excluding hydrogens is 350 g/mol. The van der Waals surface area contributed by atoms with E-state index < -0.39 is 0 Å². The molecule has 2 saturated heterocycles. The van der Waals surface area contributed by atoms with Crippen molar-refractivity contribution in [2.24, 2.45) is 5.92 Å². The molecule has 0 spiro atoms. The van der Waals surface area contributed by atoms with Gasteiger partial charge in [-0.1, -0.05) is 31.0 Å². The molecule has 0 aliphatic carbocycles. The first-order valence-corrected chi connectivity index (χ1v) is 10.8. The van der Waals surface area contributed by atoms with Crippen LogP contribution in [-0.2, 0) is 16.0 Å². The lowest BCUT2D eigenvalue weighted by Crippen LogP contribution is -2.44. The van der Waals surface area contributed by atoms with Crippen LogP contribution >= 0.6 is 0 Å². The van der Waals surface area contributed by atoms with Gasteiger partial charge in [0.1, 0.15) is 0 Å². The Hall–Kier alpha value is -2.30. The maximum absolute atomic E-state index is 12.8. The van der Waals surface area contributed by atoms with Gasteiger partial charge < -0.3 is 14.8 Å². The lowest BCUT2D eigenvalue weighted by atomic mass is 9.94. The summed E-state index contributed by atoms with van der Waals surface area (Å²) >= 11 is 0. The minimum absolute atomic E-state index is 0.107. The SMILES string of the molecule is O=C(CCc1c[nH]c2ccccc12)N1CCC(C(=O)N2CCCCCC2)CC1. The number of H-pyrrole nitrogens is 1. The van der Waals surface area contributed by atoms with Crippen LogP contribution in [0, 0.1) is 5.92 Å². The maximum atomic E-state index is 12.8. The average molecular weight is 382 g/mol. The van der Waals surface area contributed by atoms with Gasteiger partial charge in [0.2, 0.25) is 11.8 Å². The van der Waals surface area contributed by atoms with E-state index in [-0.39, 0.29) is 11.8 Å². The highest BCUT2D eigenvalue weighted by atomic mass is 16.2. The van der Waals surface area contributed by atoms with E-state index >= 15 is 0 Å². The Labute approximate surface area is 167 Å². The molecule has 4 rings (SSSR count). The second kappa shape index (κ2) is 8.80. The molecule has 2 aliphatic rings. The van der Waals surface area contributed by atoms with Crippen molar-refractivity contribution in [3.8, 4) is 0 Å². The topological polar surface area (TPSA) is 56.4 Å². The number of hydrogen-bond acceptors (Lipinski definition) is 2. The Morgan fingerprint density at radius 2 is 1.64 bits per heavy atom. The third-order valence-electron chi connectivity index (χ3n) is 6.40. The van der Waals surface area contributed by atoms with E-state index in [0.29, 0.717) is 12.3 Å². The minimum atomic E-state index is 0.107. The number of likely N-dealkylation sites (tertiary alicyclic amines) is 2. The van der Waals surface area contributed by atoms with Crippen LogP contribution in [0.4, 0.5) is 0 Å². The van der Waals surface area contributed by atoms with Crippen molar-refractivity contribution >= 4 is 22.7 Å². The molecule has 1 N–H and O–H groups in total. The van der Waals surface area contributed by atoms with Gasteiger partial charge in [0.05, 0.1) is 0 Å². The largest absolute Gasteiger partial charge is 0.361 e. The van der Waals surface area contributed by atoms with Crippen molar-refractivity contribution in [1.29, 1.82) is 0 Å². The number of nitrogens with one attached hydrogen (secondary N) is 1. The first kappa shape index (κ1) is 19.0. The third-order valence-corrected chi connectivity index (χ3v) is 6.40. The Morgan fingerprint density at radius 1 is 0.929 bits per heavy atom. The number of rotatable bonds is 4. The molecule has 0 saturated carbocycles. The molecule has 2 aliphatic heterocycles. The molecule has 5 heteroatoms. The van der Waals surface area contributed by atoms with Crippen LogP contribution in [0.5, 0.6) is 0 Å². The molecule has 2 fully saturated rings. The van der Waals surface area contributed by atoms with Gasteiger partial charge in [0.15, 0.2) is 0 Å². The number of benzene rings is 1. The summed E-state index contributed by atoms with van der Waals surface area (Å²) in [6.07, 6.45) is 9.70. The number of hydrogen-bond donors (Lipinski definition) is 1. The lowest BCUT2D eigenvalue weighted by molar-refractivity contribution is -0.140. The fourth-order valence-electron chi connectivity index (χ4n) is 4.66. The Bertz CT molecular complexity index is 812. The quantitative estimate of drug-likeness (QED) is 0.877. The van der Waals surface area contributed by atoms with Crippen molar-refractivity contribution in [1.82, 2.24) is 14.8 Å². The average Bonchev–Trinajstić information content (AvgIpc) is 2.95. The van der Waals surface area contributed by atoms with Crippen LogP contribution in [0.15, 0.2) is 30.5 Å². The van der Waals surface area contributed by atoms with E-state index in [9.17, 15) is 9.59 Å². The Morgan fingerprint density at radius 3 is 2.39 bits per heavy atom. The zero-order chi connectivity index (χ0) is 19.3. The Balaban J connectivity index is 1.26. The highest BCUT2D eigenvalue weighted by Crippen LogP contribution is 2.23. The monoisotopic (exact) mass is 381 g/mol. The fraction of sp³-hybridized carbons (Fsp3) is 0.565. The summed E-state index contributed by atoms with van der Waals surface area (Å²) in [7, 11) is 0. The predicted molar refractivity (Wildman–Crippen MR) is 111 cm³/mol. The van der Waals surface area contributed by atoms with Gasteiger partial charge in [-0.3, -0.25) is 9.59 Å². The number of piperidine rings is 1. The summed E-state index contributed by atoms with van der Waals surface area (Å²) in [4.78, 5) is 32.8. The van der Waals surface area contributed by atoms with Crippen molar-refractivity contribution < 1.29 is 9.59 Å².